The second kappa shape index (κ2) is 6.46. The van der Waals surface area contributed by atoms with Gasteiger partial charge in [-0.25, -0.2) is 4.98 Å². The van der Waals surface area contributed by atoms with E-state index in [0.717, 1.165) is 61.9 Å². The van der Waals surface area contributed by atoms with E-state index in [1.165, 1.54) is 11.1 Å². The summed E-state index contributed by atoms with van der Waals surface area (Å²) < 4.78 is 1.54. The third-order valence-electron chi connectivity index (χ3n) is 5.19. The number of carbonyl (C=O) groups is 1. The highest BCUT2D eigenvalue weighted by atomic mass is 16.2. The molecule has 2 aromatic heterocycles. The molecule has 2 aromatic rings. The zero-order valence-corrected chi connectivity index (χ0v) is 14.5. The van der Waals surface area contributed by atoms with Gasteiger partial charge in [0.2, 0.25) is 11.9 Å². The number of aromatic amines is 1. The first-order valence-electron chi connectivity index (χ1n) is 9.12. The van der Waals surface area contributed by atoms with Crippen LogP contribution < -0.4 is 10.9 Å². The van der Waals surface area contributed by atoms with Crippen LogP contribution in [0.5, 0.6) is 0 Å². The van der Waals surface area contributed by atoms with Gasteiger partial charge in [-0.05, 0) is 39.0 Å². The van der Waals surface area contributed by atoms with Crippen molar-refractivity contribution in [1.29, 1.82) is 0 Å². The fourth-order valence-electron chi connectivity index (χ4n) is 3.87. The number of fused-ring (bicyclic) bond motifs is 1. The zero-order chi connectivity index (χ0) is 17.4. The third-order valence-corrected chi connectivity index (χ3v) is 5.19. The lowest BCUT2D eigenvalue weighted by atomic mass is 9.89. The van der Waals surface area contributed by atoms with Crippen molar-refractivity contribution in [2.45, 2.75) is 58.3 Å². The van der Waals surface area contributed by atoms with Gasteiger partial charge >= 0.3 is 0 Å². The molecule has 1 fully saturated rings. The first kappa shape index (κ1) is 16.1. The summed E-state index contributed by atoms with van der Waals surface area (Å²) >= 11 is 0. The molecule has 2 aliphatic carbocycles. The minimum atomic E-state index is -0.102. The lowest BCUT2D eigenvalue weighted by molar-refractivity contribution is -0.120. The minimum absolute atomic E-state index is 0.0318. The van der Waals surface area contributed by atoms with Crippen LogP contribution in [0.1, 0.15) is 55.5 Å². The molecule has 0 radical (unpaired) electrons. The van der Waals surface area contributed by atoms with Gasteiger partial charge in [0.25, 0.3) is 5.56 Å². The number of nitrogens with zero attached hydrogens (tertiary/aromatic N) is 3. The highest BCUT2D eigenvalue weighted by molar-refractivity contribution is 5.92. The molecule has 1 saturated carbocycles. The Morgan fingerprint density at radius 1 is 1.24 bits per heavy atom. The fraction of sp³-hybridized carbons (Fsp3) is 0.556. The first-order valence-corrected chi connectivity index (χ1v) is 9.12. The smallest absolute Gasteiger partial charge is 0.255 e. The number of H-pyrrole nitrogens is 1. The van der Waals surface area contributed by atoms with E-state index >= 15 is 0 Å². The van der Waals surface area contributed by atoms with Crippen LogP contribution in [-0.4, -0.2) is 25.7 Å². The normalized spacial score (nSPS) is 17.5. The highest BCUT2D eigenvalue weighted by Gasteiger charge is 2.24. The lowest BCUT2D eigenvalue weighted by Crippen LogP contribution is -2.26. The number of rotatable bonds is 3. The van der Waals surface area contributed by atoms with Crippen molar-refractivity contribution in [1.82, 2.24) is 19.7 Å². The minimum Gasteiger partial charge on any atom is -0.310 e. The van der Waals surface area contributed by atoms with Gasteiger partial charge in [-0.1, -0.05) is 19.3 Å². The summed E-state index contributed by atoms with van der Waals surface area (Å²) in [7, 11) is 0. The SMILES string of the molecule is Cc1cc(NC(=O)C2CCCCC2)n(-c2nc3c(c(=O)[nH]2)CCC3)n1. The molecule has 7 heteroatoms. The lowest BCUT2D eigenvalue weighted by Gasteiger charge is -2.20. The number of nitrogens with one attached hydrogen (secondary N) is 2. The van der Waals surface area contributed by atoms with Gasteiger partial charge in [0.05, 0.1) is 11.4 Å². The molecule has 4 rings (SSSR count). The van der Waals surface area contributed by atoms with Crippen molar-refractivity contribution in [2.75, 3.05) is 5.32 Å². The Hall–Kier alpha value is -2.44. The summed E-state index contributed by atoms with van der Waals surface area (Å²) in [6.07, 6.45) is 7.85. The second-order valence-corrected chi connectivity index (χ2v) is 7.08. The largest absolute Gasteiger partial charge is 0.310 e. The van der Waals surface area contributed by atoms with Crippen LogP contribution in [0.4, 0.5) is 5.82 Å². The molecule has 2 aliphatic rings. The van der Waals surface area contributed by atoms with Gasteiger partial charge in [-0.2, -0.15) is 9.78 Å². The maximum atomic E-state index is 12.6. The number of aromatic nitrogens is 4. The molecule has 7 nitrogen and oxygen atoms in total. The number of hydrogen-bond acceptors (Lipinski definition) is 4. The summed E-state index contributed by atoms with van der Waals surface area (Å²) in [5, 5.41) is 7.40. The van der Waals surface area contributed by atoms with Crippen LogP contribution in [0.2, 0.25) is 0 Å². The molecule has 132 valence electrons. The van der Waals surface area contributed by atoms with Crippen molar-refractivity contribution < 1.29 is 4.79 Å². The quantitative estimate of drug-likeness (QED) is 0.896. The van der Waals surface area contributed by atoms with Crippen LogP contribution in [-0.2, 0) is 17.6 Å². The van der Waals surface area contributed by atoms with E-state index in [4.69, 9.17) is 0 Å². The molecule has 25 heavy (non-hydrogen) atoms. The zero-order valence-electron chi connectivity index (χ0n) is 14.5. The number of aryl methyl sites for hydroxylation is 2. The average Bonchev–Trinajstić information content (AvgIpc) is 3.22. The van der Waals surface area contributed by atoms with Crippen LogP contribution in [0.15, 0.2) is 10.9 Å². The molecule has 2 N–H and O–H groups in total. The Kier molecular flexibility index (Phi) is 4.15. The average molecular weight is 341 g/mol. The molecule has 1 amide bonds. The van der Waals surface area contributed by atoms with Gasteiger partial charge in [-0.15, -0.1) is 0 Å². The number of hydrogen-bond donors (Lipinski definition) is 2. The number of amides is 1. The van der Waals surface area contributed by atoms with E-state index in [1.54, 1.807) is 0 Å². The molecule has 0 saturated heterocycles. The topological polar surface area (TPSA) is 92.7 Å². The molecule has 0 aliphatic heterocycles. The first-order chi connectivity index (χ1) is 12.1. The molecule has 0 aromatic carbocycles. The summed E-state index contributed by atoms with van der Waals surface area (Å²) in [5.41, 5.74) is 2.29. The van der Waals surface area contributed by atoms with Gasteiger partial charge in [-0.3, -0.25) is 14.6 Å². The standard InChI is InChI=1S/C18H23N5O2/c1-11-10-15(20-16(24)12-6-3-2-4-7-12)23(22-11)18-19-14-9-5-8-13(14)17(25)21-18/h10,12H,2-9H2,1H3,(H,20,24)(H,19,21,25). The van der Waals surface area contributed by atoms with Crippen LogP contribution in [0.3, 0.4) is 0 Å². The molecule has 2 heterocycles. The Morgan fingerprint density at radius 2 is 2.04 bits per heavy atom. The number of carbonyl (C=O) groups excluding carboxylic acids is 1. The van der Waals surface area contributed by atoms with E-state index in [0.29, 0.717) is 11.8 Å². The highest BCUT2D eigenvalue weighted by Crippen LogP contribution is 2.25. The van der Waals surface area contributed by atoms with E-state index in [-0.39, 0.29) is 17.4 Å². The fourth-order valence-corrected chi connectivity index (χ4v) is 3.87. The van der Waals surface area contributed by atoms with E-state index < -0.39 is 0 Å². The molecule has 0 atom stereocenters. The molecule has 0 spiro atoms. The van der Waals surface area contributed by atoms with E-state index in [9.17, 15) is 9.59 Å². The van der Waals surface area contributed by atoms with Crippen LogP contribution >= 0.6 is 0 Å². The molecular weight excluding hydrogens is 318 g/mol. The third kappa shape index (κ3) is 3.10. The maximum Gasteiger partial charge on any atom is 0.255 e. The van der Waals surface area contributed by atoms with Crippen LogP contribution in [0.25, 0.3) is 5.95 Å². The predicted molar refractivity (Wildman–Crippen MR) is 93.9 cm³/mol. The Morgan fingerprint density at radius 3 is 2.84 bits per heavy atom. The van der Waals surface area contributed by atoms with Gasteiger partial charge < -0.3 is 5.32 Å². The Bertz CT molecular complexity index is 861. The summed E-state index contributed by atoms with van der Waals surface area (Å²) in [6.45, 7) is 1.86. The predicted octanol–water partition coefficient (Wildman–Crippen LogP) is 2.27. The molecule has 0 unspecified atom stereocenters. The Balaban J connectivity index is 1.64. The second-order valence-electron chi connectivity index (χ2n) is 7.08. The van der Waals surface area contributed by atoms with Crippen molar-refractivity contribution >= 4 is 11.7 Å². The van der Waals surface area contributed by atoms with Gasteiger partial charge in [0.15, 0.2) is 0 Å². The Labute approximate surface area is 145 Å². The number of anilines is 1. The van der Waals surface area contributed by atoms with Crippen molar-refractivity contribution in [3.8, 4) is 5.95 Å². The van der Waals surface area contributed by atoms with Gasteiger partial charge in [0, 0.05) is 17.5 Å². The van der Waals surface area contributed by atoms with Gasteiger partial charge in [0.1, 0.15) is 5.82 Å². The monoisotopic (exact) mass is 341 g/mol. The van der Waals surface area contributed by atoms with Crippen LogP contribution in [0, 0.1) is 12.8 Å². The summed E-state index contributed by atoms with van der Waals surface area (Å²) in [6, 6.07) is 1.81. The summed E-state index contributed by atoms with van der Waals surface area (Å²) in [5.74, 6) is 1.03. The van der Waals surface area contributed by atoms with Crippen molar-refractivity contribution in [3.63, 3.8) is 0 Å². The summed E-state index contributed by atoms with van der Waals surface area (Å²) in [4.78, 5) is 32.2. The molecular formula is C18H23N5O2. The maximum absolute atomic E-state index is 12.6. The van der Waals surface area contributed by atoms with E-state index in [1.807, 2.05) is 13.0 Å². The van der Waals surface area contributed by atoms with Crippen molar-refractivity contribution in [2.24, 2.45) is 5.92 Å². The van der Waals surface area contributed by atoms with Crippen molar-refractivity contribution in [3.05, 3.63) is 33.4 Å². The van der Waals surface area contributed by atoms with E-state index in [2.05, 4.69) is 20.4 Å². The molecule has 0 bridgehead atoms.